The summed E-state index contributed by atoms with van der Waals surface area (Å²) in [5.41, 5.74) is 2.04. The molecule has 0 radical (unpaired) electrons. The molecule has 176 valence electrons. The summed E-state index contributed by atoms with van der Waals surface area (Å²) in [6.45, 7) is 11.0. The molecule has 0 aliphatic heterocycles. The zero-order chi connectivity index (χ0) is 24.5. The maximum atomic E-state index is 14.5. The Balaban J connectivity index is 1.63. The Morgan fingerprint density at radius 2 is 1.79 bits per heavy atom. The maximum absolute atomic E-state index is 14.5. The molecule has 0 aliphatic carbocycles. The van der Waals surface area contributed by atoms with Crippen molar-refractivity contribution in [3.05, 3.63) is 101 Å². The molecule has 1 amide bonds. The van der Waals surface area contributed by atoms with Gasteiger partial charge in [-0.05, 0) is 61.7 Å². The van der Waals surface area contributed by atoms with Gasteiger partial charge in [-0.1, -0.05) is 36.4 Å². The highest BCUT2D eigenvalue weighted by Gasteiger charge is 2.17. The molecule has 0 fully saturated rings. The second-order valence-electron chi connectivity index (χ2n) is 8.06. The number of ether oxygens (including phenoxy) is 2. The quantitative estimate of drug-likeness (QED) is 0.413. The van der Waals surface area contributed by atoms with E-state index < -0.39 is 17.8 Å². The minimum absolute atomic E-state index is 0.102. The van der Waals surface area contributed by atoms with Crippen LogP contribution in [-0.2, 0) is 13.0 Å². The molecule has 0 spiro atoms. The predicted octanol–water partition coefficient (Wildman–Crippen LogP) is 5.08. The van der Waals surface area contributed by atoms with Crippen LogP contribution in [0.4, 0.5) is 10.1 Å². The van der Waals surface area contributed by atoms with Crippen molar-refractivity contribution in [1.82, 2.24) is 5.32 Å². The number of halogens is 1. The smallest absolute Gasteiger partial charge is 0.250 e. The summed E-state index contributed by atoms with van der Waals surface area (Å²) in [5.74, 6) is -0.417. The summed E-state index contributed by atoms with van der Waals surface area (Å²) in [7, 11) is 0. The number of amides is 1. The van der Waals surface area contributed by atoms with Gasteiger partial charge in [-0.2, -0.15) is 0 Å². The molecule has 0 bridgehead atoms. The lowest BCUT2D eigenvalue weighted by atomic mass is 10.1. The first-order valence-electron chi connectivity index (χ1n) is 10.9. The number of rotatable bonds is 10. The molecule has 0 saturated heterocycles. The van der Waals surface area contributed by atoms with E-state index in [1.165, 1.54) is 12.1 Å². The fourth-order valence-corrected chi connectivity index (χ4v) is 3.34. The van der Waals surface area contributed by atoms with Gasteiger partial charge >= 0.3 is 0 Å². The fourth-order valence-electron chi connectivity index (χ4n) is 3.34. The van der Waals surface area contributed by atoms with E-state index in [1.54, 1.807) is 24.3 Å². The van der Waals surface area contributed by atoms with Crippen molar-refractivity contribution in [2.24, 2.45) is 0 Å². The highest BCUT2D eigenvalue weighted by molar-refractivity contribution is 5.95. The minimum atomic E-state index is -0.633. The van der Waals surface area contributed by atoms with Crippen LogP contribution in [0.5, 0.6) is 11.5 Å². The van der Waals surface area contributed by atoms with Crippen molar-refractivity contribution in [2.75, 3.05) is 6.61 Å². The van der Waals surface area contributed by atoms with Crippen LogP contribution in [0.15, 0.2) is 66.7 Å². The Morgan fingerprint density at radius 1 is 1.06 bits per heavy atom. The maximum Gasteiger partial charge on any atom is 0.250 e. The Labute approximate surface area is 198 Å². The molecule has 3 aromatic carbocycles. The highest BCUT2D eigenvalue weighted by atomic mass is 19.1. The number of carbonyl (C=O) groups is 1. The molecule has 0 aliphatic rings. The topological polar surface area (TPSA) is 72.2 Å². The normalized spacial score (nSPS) is 11.5. The first-order valence-corrected chi connectivity index (χ1v) is 10.9. The van der Waals surface area contributed by atoms with Crippen LogP contribution < -0.4 is 14.8 Å². The molecule has 6 nitrogen and oxygen atoms in total. The summed E-state index contributed by atoms with van der Waals surface area (Å²) < 4.78 is 25.7. The molecule has 0 unspecified atom stereocenters. The number of carbonyl (C=O) groups excluding carboxylic acids is 1. The summed E-state index contributed by atoms with van der Waals surface area (Å²) in [4.78, 5) is 16.1. The molecule has 2 N–H and O–H groups in total. The molecular weight excluding hydrogens is 435 g/mol. The molecule has 0 saturated carbocycles. The fraction of sp³-hybridized carbons (Fsp3) is 0.259. The van der Waals surface area contributed by atoms with Gasteiger partial charge in [-0.25, -0.2) is 9.24 Å². The van der Waals surface area contributed by atoms with Gasteiger partial charge in [-0.3, -0.25) is 4.79 Å². The number of nitrogens with one attached hydrogen (secondary N) is 1. The number of benzene rings is 3. The average molecular weight is 463 g/mol. The van der Waals surface area contributed by atoms with Gasteiger partial charge in [0, 0.05) is 5.56 Å². The minimum Gasteiger partial charge on any atom is -0.502 e. The summed E-state index contributed by atoms with van der Waals surface area (Å²) in [6, 6.07) is 18.0. The molecule has 3 rings (SSSR count). The second-order valence-corrected chi connectivity index (χ2v) is 8.06. The Hall–Kier alpha value is -3.89. The van der Waals surface area contributed by atoms with Crippen molar-refractivity contribution >= 4 is 11.6 Å². The van der Waals surface area contributed by atoms with Crippen molar-refractivity contribution < 1.29 is 23.8 Å². The number of hydrogen-bond donors (Lipinski definition) is 2. The van der Waals surface area contributed by atoms with E-state index in [0.29, 0.717) is 11.3 Å². The lowest BCUT2D eigenvalue weighted by molar-refractivity contribution is 0.0916. The molecule has 7 heteroatoms. The lowest BCUT2D eigenvalue weighted by Gasteiger charge is -2.18. The third kappa shape index (κ3) is 6.80. The third-order valence-corrected chi connectivity index (χ3v) is 4.98. The van der Waals surface area contributed by atoms with Crippen molar-refractivity contribution in [3.8, 4) is 11.5 Å². The zero-order valence-corrected chi connectivity index (χ0v) is 19.1. The summed E-state index contributed by atoms with van der Waals surface area (Å²) >= 11 is 0. The molecule has 0 aromatic heterocycles. The highest BCUT2D eigenvalue weighted by Crippen LogP contribution is 2.29. The third-order valence-electron chi connectivity index (χ3n) is 4.98. The van der Waals surface area contributed by atoms with Crippen LogP contribution >= 0.6 is 0 Å². The number of aliphatic hydroxyl groups is 1. The molecule has 34 heavy (non-hydrogen) atoms. The average Bonchev–Trinajstić information content (AvgIpc) is 2.83. The first kappa shape index (κ1) is 24.7. The molecular formula is C27H27FN2O4. The van der Waals surface area contributed by atoms with E-state index in [-0.39, 0.29) is 42.7 Å². The molecule has 3 aromatic rings. The van der Waals surface area contributed by atoms with E-state index >= 15 is 0 Å². The summed E-state index contributed by atoms with van der Waals surface area (Å²) in [5, 5.41) is 12.5. The van der Waals surface area contributed by atoms with E-state index in [0.717, 1.165) is 5.56 Å². The van der Waals surface area contributed by atoms with Crippen LogP contribution in [-0.4, -0.2) is 29.8 Å². The van der Waals surface area contributed by atoms with Gasteiger partial charge in [0.25, 0.3) is 0 Å². The van der Waals surface area contributed by atoms with Crippen LogP contribution in [0.1, 0.15) is 35.3 Å². The first-order chi connectivity index (χ1) is 16.4. The van der Waals surface area contributed by atoms with E-state index in [1.807, 2.05) is 44.2 Å². The Kier molecular flexibility index (Phi) is 8.60. The van der Waals surface area contributed by atoms with Gasteiger partial charge < -0.3 is 19.9 Å². The Morgan fingerprint density at radius 3 is 2.44 bits per heavy atom. The van der Waals surface area contributed by atoms with E-state index in [4.69, 9.17) is 16.0 Å². The number of aliphatic hydroxyl groups excluding tert-OH is 1. The van der Waals surface area contributed by atoms with Crippen LogP contribution in [0, 0.1) is 12.4 Å². The Bertz CT molecular complexity index is 1160. The second kappa shape index (κ2) is 11.8. The van der Waals surface area contributed by atoms with E-state index in [9.17, 15) is 14.3 Å². The standard InChI is InChI=1S/C27H27FN2O4/c1-18(2)34-26-12-10-21(15-24(26)29-3)27(32)30-22(16-31)13-20-9-11-25(23(28)14-20)33-17-19-7-5-4-6-8-19/h4-12,14-15,18,22,31H,13,16-17H2,1-2H3,(H,30,32)/t22-/m0/s1. The summed E-state index contributed by atoms with van der Waals surface area (Å²) in [6.07, 6.45) is 0.122. The van der Waals surface area contributed by atoms with Crippen LogP contribution in [0.2, 0.25) is 0 Å². The van der Waals surface area contributed by atoms with Gasteiger partial charge in [0.05, 0.1) is 25.3 Å². The van der Waals surface area contributed by atoms with Gasteiger partial charge in [0.2, 0.25) is 11.6 Å². The van der Waals surface area contributed by atoms with Crippen LogP contribution in [0.25, 0.3) is 4.85 Å². The number of hydrogen-bond acceptors (Lipinski definition) is 4. The van der Waals surface area contributed by atoms with E-state index in [2.05, 4.69) is 10.2 Å². The molecule has 0 heterocycles. The van der Waals surface area contributed by atoms with Crippen molar-refractivity contribution in [2.45, 2.75) is 39.0 Å². The van der Waals surface area contributed by atoms with Gasteiger partial charge in [0.15, 0.2) is 11.6 Å². The number of nitrogens with zero attached hydrogens (tertiary/aromatic N) is 1. The van der Waals surface area contributed by atoms with Crippen molar-refractivity contribution in [3.63, 3.8) is 0 Å². The van der Waals surface area contributed by atoms with Gasteiger partial charge in [0.1, 0.15) is 12.4 Å². The van der Waals surface area contributed by atoms with Gasteiger partial charge in [-0.15, -0.1) is 0 Å². The molecule has 1 atom stereocenters. The van der Waals surface area contributed by atoms with Crippen molar-refractivity contribution in [1.29, 1.82) is 0 Å². The lowest BCUT2D eigenvalue weighted by Crippen LogP contribution is -2.39. The zero-order valence-electron chi connectivity index (χ0n) is 19.1. The largest absolute Gasteiger partial charge is 0.502 e. The monoisotopic (exact) mass is 462 g/mol. The predicted molar refractivity (Wildman–Crippen MR) is 128 cm³/mol. The van der Waals surface area contributed by atoms with Crippen LogP contribution in [0.3, 0.4) is 0 Å². The SMILES string of the molecule is [C-]#[N+]c1cc(C(=O)N[C@H](CO)Cc2ccc(OCc3ccccc3)c(F)c2)ccc1OC(C)C.